The van der Waals surface area contributed by atoms with Gasteiger partial charge < -0.3 is 19.7 Å². The highest BCUT2D eigenvalue weighted by molar-refractivity contribution is 6.04. The standard InChI is InChI=1S/C21H24N2O4/c1-15-7-8-16(13-19(15)26-2)14-20(24)22-18-6-4-3-5-17(18)21(25)23-9-11-27-12-10-23/h3-8,13H,9-12,14H2,1-2H3,(H,22,24). The monoisotopic (exact) mass is 368 g/mol. The number of anilines is 1. The van der Waals surface area contributed by atoms with Crippen LogP contribution >= 0.6 is 0 Å². The summed E-state index contributed by atoms with van der Waals surface area (Å²) in [4.78, 5) is 27.1. The van der Waals surface area contributed by atoms with Crippen LogP contribution in [-0.4, -0.2) is 50.1 Å². The summed E-state index contributed by atoms with van der Waals surface area (Å²) in [6.45, 7) is 4.15. The first-order chi connectivity index (χ1) is 13.1. The highest BCUT2D eigenvalue weighted by atomic mass is 16.5. The maximum atomic E-state index is 12.8. The van der Waals surface area contributed by atoms with Gasteiger partial charge in [-0.2, -0.15) is 0 Å². The molecule has 1 heterocycles. The van der Waals surface area contributed by atoms with E-state index in [9.17, 15) is 9.59 Å². The van der Waals surface area contributed by atoms with Crippen LogP contribution in [0.4, 0.5) is 5.69 Å². The molecule has 1 saturated heterocycles. The third-order valence-corrected chi connectivity index (χ3v) is 4.57. The molecule has 6 heteroatoms. The van der Waals surface area contributed by atoms with E-state index in [0.717, 1.165) is 16.9 Å². The fourth-order valence-electron chi connectivity index (χ4n) is 3.07. The molecule has 2 aromatic rings. The van der Waals surface area contributed by atoms with Gasteiger partial charge in [-0.1, -0.05) is 24.3 Å². The summed E-state index contributed by atoms with van der Waals surface area (Å²) in [6.07, 6.45) is 0.205. The first kappa shape index (κ1) is 18.9. The molecule has 0 spiro atoms. The summed E-state index contributed by atoms with van der Waals surface area (Å²) in [7, 11) is 1.61. The number of hydrogen-bond donors (Lipinski definition) is 1. The molecule has 0 radical (unpaired) electrons. The molecule has 2 aromatic carbocycles. The van der Waals surface area contributed by atoms with E-state index in [0.29, 0.717) is 37.6 Å². The lowest BCUT2D eigenvalue weighted by molar-refractivity contribution is -0.115. The second-order valence-corrected chi connectivity index (χ2v) is 6.48. The van der Waals surface area contributed by atoms with E-state index in [2.05, 4.69) is 5.32 Å². The van der Waals surface area contributed by atoms with E-state index in [4.69, 9.17) is 9.47 Å². The zero-order chi connectivity index (χ0) is 19.2. The van der Waals surface area contributed by atoms with Crippen molar-refractivity contribution in [1.82, 2.24) is 4.90 Å². The van der Waals surface area contributed by atoms with Gasteiger partial charge in [-0.05, 0) is 36.2 Å². The van der Waals surface area contributed by atoms with Crippen LogP contribution in [0.15, 0.2) is 42.5 Å². The second-order valence-electron chi connectivity index (χ2n) is 6.48. The van der Waals surface area contributed by atoms with Crippen LogP contribution < -0.4 is 10.1 Å². The number of aryl methyl sites for hydroxylation is 1. The molecule has 0 atom stereocenters. The lowest BCUT2D eigenvalue weighted by Crippen LogP contribution is -2.41. The van der Waals surface area contributed by atoms with Gasteiger partial charge in [-0.25, -0.2) is 0 Å². The summed E-state index contributed by atoms with van der Waals surface area (Å²) in [6, 6.07) is 12.8. The van der Waals surface area contributed by atoms with Gasteiger partial charge in [0.25, 0.3) is 5.91 Å². The van der Waals surface area contributed by atoms with E-state index in [1.54, 1.807) is 36.3 Å². The Balaban J connectivity index is 1.72. The lowest BCUT2D eigenvalue weighted by Gasteiger charge is -2.27. The number of carbonyl (C=O) groups excluding carboxylic acids is 2. The molecule has 2 amide bonds. The molecule has 0 bridgehead atoms. The molecule has 1 aliphatic heterocycles. The van der Waals surface area contributed by atoms with Crippen molar-refractivity contribution < 1.29 is 19.1 Å². The number of carbonyl (C=O) groups is 2. The average molecular weight is 368 g/mol. The lowest BCUT2D eigenvalue weighted by atomic mass is 10.1. The molecule has 1 fully saturated rings. The Morgan fingerprint density at radius 3 is 2.63 bits per heavy atom. The Kier molecular flexibility index (Phi) is 6.08. The van der Waals surface area contributed by atoms with Gasteiger partial charge in [0.15, 0.2) is 0 Å². The van der Waals surface area contributed by atoms with Crippen molar-refractivity contribution in [2.45, 2.75) is 13.3 Å². The number of amides is 2. The number of ether oxygens (including phenoxy) is 2. The number of nitrogens with zero attached hydrogens (tertiary/aromatic N) is 1. The fraction of sp³-hybridized carbons (Fsp3) is 0.333. The molecule has 1 N–H and O–H groups in total. The highest BCUT2D eigenvalue weighted by Crippen LogP contribution is 2.21. The zero-order valence-corrected chi connectivity index (χ0v) is 15.7. The number of para-hydroxylation sites is 1. The third kappa shape index (κ3) is 4.65. The van der Waals surface area contributed by atoms with Crippen molar-refractivity contribution in [2.24, 2.45) is 0 Å². The predicted molar refractivity (Wildman–Crippen MR) is 103 cm³/mol. The molecule has 0 saturated carbocycles. The van der Waals surface area contributed by atoms with Crippen LogP contribution in [0.1, 0.15) is 21.5 Å². The zero-order valence-electron chi connectivity index (χ0n) is 15.7. The third-order valence-electron chi connectivity index (χ3n) is 4.57. The number of rotatable bonds is 5. The van der Waals surface area contributed by atoms with Crippen molar-refractivity contribution in [1.29, 1.82) is 0 Å². The maximum Gasteiger partial charge on any atom is 0.256 e. The number of morpholine rings is 1. The van der Waals surface area contributed by atoms with Gasteiger partial charge in [-0.15, -0.1) is 0 Å². The van der Waals surface area contributed by atoms with Gasteiger partial charge in [-0.3, -0.25) is 9.59 Å². The SMILES string of the molecule is COc1cc(CC(=O)Nc2ccccc2C(=O)N2CCOCC2)ccc1C. The van der Waals surface area contributed by atoms with Gasteiger partial charge >= 0.3 is 0 Å². The van der Waals surface area contributed by atoms with Crippen molar-refractivity contribution in [3.05, 3.63) is 59.2 Å². The van der Waals surface area contributed by atoms with Gasteiger partial charge in [0.2, 0.25) is 5.91 Å². The smallest absolute Gasteiger partial charge is 0.256 e. The largest absolute Gasteiger partial charge is 0.496 e. The Morgan fingerprint density at radius 2 is 1.89 bits per heavy atom. The second kappa shape index (κ2) is 8.68. The van der Waals surface area contributed by atoms with Crippen LogP contribution in [0.25, 0.3) is 0 Å². The molecular weight excluding hydrogens is 344 g/mol. The van der Waals surface area contributed by atoms with Crippen LogP contribution in [-0.2, 0) is 16.0 Å². The maximum absolute atomic E-state index is 12.8. The number of nitrogens with one attached hydrogen (secondary N) is 1. The average Bonchev–Trinajstić information content (AvgIpc) is 2.70. The number of methoxy groups -OCH3 is 1. The van der Waals surface area contributed by atoms with Crippen molar-refractivity contribution >= 4 is 17.5 Å². The molecule has 0 aromatic heterocycles. The van der Waals surface area contributed by atoms with Crippen molar-refractivity contribution in [2.75, 3.05) is 38.7 Å². The first-order valence-corrected chi connectivity index (χ1v) is 8.98. The summed E-state index contributed by atoms with van der Waals surface area (Å²) in [5.74, 6) is 0.484. The molecule has 6 nitrogen and oxygen atoms in total. The Morgan fingerprint density at radius 1 is 1.15 bits per heavy atom. The van der Waals surface area contributed by atoms with Crippen molar-refractivity contribution in [3.63, 3.8) is 0 Å². The molecular formula is C21H24N2O4. The van der Waals surface area contributed by atoms with Crippen LogP contribution in [0.2, 0.25) is 0 Å². The Hall–Kier alpha value is -2.86. The molecule has 3 rings (SSSR count). The Labute approximate surface area is 159 Å². The summed E-state index contributed by atoms with van der Waals surface area (Å²) < 4.78 is 10.6. The normalized spacial score (nSPS) is 13.9. The van der Waals surface area contributed by atoms with Crippen molar-refractivity contribution in [3.8, 4) is 5.75 Å². The van der Waals surface area contributed by atoms with Crippen LogP contribution in [0.5, 0.6) is 5.75 Å². The summed E-state index contributed by atoms with van der Waals surface area (Å²) in [5, 5.41) is 2.87. The van der Waals surface area contributed by atoms with E-state index in [1.807, 2.05) is 25.1 Å². The molecule has 0 unspecified atom stereocenters. The van der Waals surface area contributed by atoms with Gasteiger partial charge in [0, 0.05) is 13.1 Å². The van der Waals surface area contributed by atoms with E-state index < -0.39 is 0 Å². The number of hydrogen-bond acceptors (Lipinski definition) is 4. The topological polar surface area (TPSA) is 67.9 Å². The number of benzene rings is 2. The van der Waals surface area contributed by atoms with Crippen LogP contribution in [0.3, 0.4) is 0 Å². The van der Waals surface area contributed by atoms with Crippen LogP contribution in [0, 0.1) is 6.92 Å². The highest BCUT2D eigenvalue weighted by Gasteiger charge is 2.21. The molecule has 142 valence electrons. The van der Waals surface area contributed by atoms with E-state index in [1.165, 1.54) is 0 Å². The van der Waals surface area contributed by atoms with Gasteiger partial charge in [0.1, 0.15) is 5.75 Å². The van der Waals surface area contributed by atoms with Gasteiger partial charge in [0.05, 0.1) is 38.0 Å². The van der Waals surface area contributed by atoms with E-state index in [-0.39, 0.29) is 18.2 Å². The minimum atomic E-state index is -0.178. The minimum absolute atomic E-state index is 0.0915. The summed E-state index contributed by atoms with van der Waals surface area (Å²) >= 11 is 0. The molecule has 0 aliphatic carbocycles. The molecule has 27 heavy (non-hydrogen) atoms. The minimum Gasteiger partial charge on any atom is -0.496 e. The molecule has 1 aliphatic rings. The predicted octanol–water partition coefficient (Wildman–Crippen LogP) is 2.66. The quantitative estimate of drug-likeness (QED) is 0.881. The first-order valence-electron chi connectivity index (χ1n) is 8.98. The summed E-state index contributed by atoms with van der Waals surface area (Å²) in [5.41, 5.74) is 2.89. The fourth-order valence-corrected chi connectivity index (χ4v) is 3.07. The van der Waals surface area contributed by atoms with E-state index >= 15 is 0 Å². The Bertz CT molecular complexity index is 829.